The van der Waals surface area contributed by atoms with Crippen LogP contribution in [0.2, 0.25) is 0 Å². The van der Waals surface area contributed by atoms with Crippen molar-refractivity contribution < 1.29 is 9.53 Å². The van der Waals surface area contributed by atoms with Gasteiger partial charge in [0.2, 0.25) is 5.91 Å². The number of likely N-dealkylation sites (N-methyl/N-ethyl adjacent to an activating group) is 2. The number of ether oxygens (including phenoxy) is 1. The van der Waals surface area contributed by atoms with Gasteiger partial charge in [0, 0.05) is 33.2 Å². The molecule has 0 saturated carbocycles. The van der Waals surface area contributed by atoms with Crippen molar-refractivity contribution in [3.63, 3.8) is 0 Å². The van der Waals surface area contributed by atoms with E-state index in [0.29, 0.717) is 18.5 Å². The van der Waals surface area contributed by atoms with Gasteiger partial charge in [0.25, 0.3) is 0 Å². The van der Waals surface area contributed by atoms with Gasteiger partial charge in [-0.2, -0.15) is 0 Å². The molecule has 0 radical (unpaired) electrons. The number of nitrogens with zero attached hydrogens (tertiary/aromatic N) is 3. The molecule has 0 aliphatic carbocycles. The van der Waals surface area contributed by atoms with Crippen molar-refractivity contribution in [2.24, 2.45) is 4.99 Å². The summed E-state index contributed by atoms with van der Waals surface area (Å²) in [6.07, 6.45) is 3.26. The first kappa shape index (κ1) is 23.0. The van der Waals surface area contributed by atoms with Gasteiger partial charge < -0.3 is 20.3 Å². The second-order valence-electron chi connectivity index (χ2n) is 7.75. The number of carbonyl (C=O) groups excluding carboxylic acids is 1. The van der Waals surface area contributed by atoms with Crippen LogP contribution in [0.4, 0.5) is 0 Å². The number of aliphatic imine (C=N–C) groups is 1. The predicted octanol–water partition coefficient (Wildman–Crippen LogP) is 1.65. The minimum Gasteiger partial charge on any atom is -0.496 e. The Hall–Kier alpha value is -2.28. The molecule has 1 aliphatic heterocycles. The highest BCUT2D eigenvalue weighted by Gasteiger charge is 2.22. The van der Waals surface area contributed by atoms with E-state index in [1.54, 1.807) is 26.1 Å². The summed E-state index contributed by atoms with van der Waals surface area (Å²) in [5.41, 5.74) is 2.38. The van der Waals surface area contributed by atoms with Gasteiger partial charge in [0.05, 0.1) is 7.11 Å². The monoisotopic (exact) mass is 403 g/mol. The van der Waals surface area contributed by atoms with Crippen molar-refractivity contribution in [3.8, 4) is 5.75 Å². The van der Waals surface area contributed by atoms with Gasteiger partial charge in [-0.05, 0) is 50.9 Å². The van der Waals surface area contributed by atoms with Gasteiger partial charge in [0.15, 0.2) is 5.96 Å². The number of hydrogen-bond acceptors (Lipinski definition) is 4. The number of likely N-dealkylation sites (tertiary alicyclic amines) is 1. The Morgan fingerprint density at radius 1 is 1.34 bits per heavy atom. The molecule has 1 unspecified atom stereocenters. The van der Waals surface area contributed by atoms with Crippen molar-refractivity contribution in [2.45, 2.75) is 39.2 Å². The first-order valence-corrected chi connectivity index (χ1v) is 10.5. The molecule has 1 fully saturated rings. The van der Waals surface area contributed by atoms with Crippen molar-refractivity contribution in [1.29, 1.82) is 0 Å². The van der Waals surface area contributed by atoms with Crippen LogP contribution in [0.25, 0.3) is 0 Å². The third-order valence-corrected chi connectivity index (χ3v) is 5.40. The van der Waals surface area contributed by atoms with Gasteiger partial charge in [-0.25, -0.2) is 4.99 Å². The van der Waals surface area contributed by atoms with E-state index in [4.69, 9.17) is 4.74 Å². The Labute approximate surface area is 175 Å². The highest BCUT2D eigenvalue weighted by molar-refractivity contribution is 5.84. The molecular formula is C22H37N5O2. The molecule has 1 saturated heterocycles. The number of nitrogens with one attached hydrogen (secondary N) is 2. The average molecular weight is 404 g/mol. The van der Waals surface area contributed by atoms with Gasteiger partial charge >= 0.3 is 0 Å². The van der Waals surface area contributed by atoms with E-state index in [1.807, 2.05) is 6.07 Å². The Kier molecular flexibility index (Phi) is 9.25. The maximum absolute atomic E-state index is 12.0. The summed E-state index contributed by atoms with van der Waals surface area (Å²) in [5.74, 6) is 1.58. The second kappa shape index (κ2) is 11.7. The molecule has 0 spiro atoms. The van der Waals surface area contributed by atoms with Crippen LogP contribution in [-0.4, -0.2) is 81.6 Å². The summed E-state index contributed by atoms with van der Waals surface area (Å²) in [6, 6.07) is 6.73. The highest BCUT2D eigenvalue weighted by atomic mass is 16.5. The summed E-state index contributed by atoms with van der Waals surface area (Å²) in [7, 11) is 5.20. The lowest BCUT2D eigenvalue weighted by molar-refractivity contribution is -0.127. The molecule has 2 N–H and O–H groups in total. The number of guanidine groups is 1. The molecule has 1 amide bonds. The van der Waals surface area contributed by atoms with Crippen LogP contribution < -0.4 is 15.4 Å². The molecule has 1 heterocycles. The fourth-order valence-corrected chi connectivity index (χ4v) is 3.64. The highest BCUT2D eigenvalue weighted by Crippen LogP contribution is 2.19. The van der Waals surface area contributed by atoms with Crippen molar-refractivity contribution in [2.75, 3.05) is 53.9 Å². The third-order valence-electron chi connectivity index (χ3n) is 5.40. The van der Waals surface area contributed by atoms with Crippen molar-refractivity contribution in [1.82, 2.24) is 20.4 Å². The molecule has 1 aliphatic rings. The molecule has 0 aromatic heterocycles. The molecule has 2 rings (SSSR count). The fourth-order valence-electron chi connectivity index (χ4n) is 3.64. The largest absolute Gasteiger partial charge is 0.496 e. The van der Waals surface area contributed by atoms with E-state index < -0.39 is 0 Å². The lowest BCUT2D eigenvalue weighted by Gasteiger charge is -2.24. The summed E-state index contributed by atoms with van der Waals surface area (Å²) < 4.78 is 5.47. The van der Waals surface area contributed by atoms with Gasteiger partial charge in [-0.1, -0.05) is 24.6 Å². The zero-order valence-corrected chi connectivity index (χ0v) is 18.6. The quantitative estimate of drug-likeness (QED) is 0.485. The van der Waals surface area contributed by atoms with E-state index in [9.17, 15) is 4.79 Å². The normalized spacial score (nSPS) is 17.3. The Morgan fingerprint density at radius 2 is 2.14 bits per heavy atom. The summed E-state index contributed by atoms with van der Waals surface area (Å²) in [4.78, 5) is 20.5. The number of rotatable bonds is 9. The summed E-state index contributed by atoms with van der Waals surface area (Å²) in [6.45, 7) is 8.20. The Morgan fingerprint density at radius 3 is 2.83 bits per heavy atom. The Bertz CT molecular complexity index is 690. The van der Waals surface area contributed by atoms with E-state index in [2.05, 4.69) is 46.5 Å². The number of amides is 1. The first-order chi connectivity index (χ1) is 13.9. The SMILES string of the molecule is CCN1CCCC1CNC(=NCC(=O)N(C)C)NCCc1cc(C)ccc1OC. The van der Waals surface area contributed by atoms with Crippen LogP contribution >= 0.6 is 0 Å². The number of benzene rings is 1. The fraction of sp³-hybridized carbons (Fsp3) is 0.636. The molecule has 1 atom stereocenters. The lowest BCUT2D eigenvalue weighted by atomic mass is 10.1. The molecular weight excluding hydrogens is 366 g/mol. The predicted molar refractivity (Wildman–Crippen MR) is 119 cm³/mol. The lowest BCUT2D eigenvalue weighted by Crippen LogP contribution is -2.45. The van der Waals surface area contributed by atoms with Gasteiger partial charge in [0.1, 0.15) is 12.3 Å². The molecule has 7 heteroatoms. The molecule has 7 nitrogen and oxygen atoms in total. The maximum Gasteiger partial charge on any atom is 0.243 e. The zero-order chi connectivity index (χ0) is 21.2. The van der Waals surface area contributed by atoms with Crippen molar-refractivity contribution >= 4 is 11.9 Å². The summed E-state index contributed by atoms with van der Waals surface area (Å²) in [5, 5.41) is 6.83. The molecule has 0 bridgehead atoms. The van der Waals surface area contributed by atoms with Gasteiger partial charge in [-0.15, -0.1) is 0 Å². The van der Waals surface area contributed by atoms with E-state index in [0.717, 1.165) is 37.4 Å². The first-order valence-electron chi connectivity index (χ1n) is 10.5. The standard InChI is InChI=1S/C22H37N5O2/c1-6-27-13-7-8-19(27)15-24-22(25-16-21(28)26(3)4)23-12-11-18-14-17(2)9-10-20(18)29-5/h9-10,14,19H,6-8,11-13,15-16H2,1-5H3,(H2,23,24,25). The number of aryl methyl sites for hydroxylation is 1. The topological polar surface area (TPSA) is 69.2 Å². The maximum atomic E-state index is 12.0. The van der Waals surface area contributed by atoms with E-state index >= 15 is 0 Å². The van der Waals surface area contributed by atoms with Crippen LogP contribution in [0.3, 0.4) is 0 Å². The Balaban J connectivity index is 1.96. The molecule has 162 valence electrons. The smallest absolute Gasteiger partial charge is 0.243 e. The van der Waals surface area contributed by atoms with Crippen molar-refractivity contribution in [3.05, 3.63) is 29.3 Å². The third kappa shape index (κ3) is 7.24. The molecule has 1 aromatic rings. The van der Waals surface area contributed by atoms with Crippen LogP contribution in [0.1, 0.15) is 30.9 Å². The molecule has 1 aromatic carbocycles. The van der Waals surface area contributed by atoms with Crippen LogP contribution in [-0.2, 0) is 11.2 Å². The van der Waals surface area contributed by atoms with Gasteiger partial charge in [-0.3, -0.25) is 9.69 Å². The zero-order valence-electron chi connectivity index (χ0n) is 18.6. The van der Waals surface area contributed by atoms with E-state index in [1.165, 1.54) is 18.4 Å². The van der Waals surface area contributed by atoms with Crippen LogP contribution in [0.5, 0.6) is 5.75 Å². The number of hydrogen-bond donors (Lipinski definition) is 2. The summed E-state index contributed by atoms with van der Waals surface area (Å²) >= 11 is 0. The minimum absolute atomic E-state index is 0.0116. The molecule has 29 heavy (non-hydrogen) atoms. The van der Waals surface area contributed by atoms with Crippen LogP contribution in [0.15, 0.2) is 23.2 Å². The second-order valence-corrected chi connectivity index (χ2v) is 7.75. The minimum atomic E-state index is -0.0116. The number of carbonyl (C=O) groups is 1. The number of methoxy groups -OCH3 is 1. The van der Waals surface area contributed by atoms with Crippen LogP contribution in [0, 0.1) is 6.92 Å². The van der Waals surface area contributed by atoms with E-state index in [-0.39, 0.29) is 12.5 Å². The average Bonchev–Trinajstić information content (AvgIpc) is 3.17.